The molecule has 4 rings (SSSR count). The maximum atomic E-state index is 12.9. The third-order valence-corrected chi connectivity index (χ3v) is 6.93. The van der Waals surface area contributed by atoms with E-state index in [1.807, 2.05) is 4.90 Å². The van der Waals surface area contributed by atoms with E-state index in [0.29, 0.717) is 70.5 Å². The molecule has 0 N–H and O–H groups in total. The molecule has 9 nitrogen and oxygen atoms in total. The molecule has 0 aromatic heterocycles. The summed E-state index contributed by atoms with van der Waals surface area (Å²) in [6.45, 7) is 4.59. The lowest BCUT2D eigenvalue weighted by Gasteiger charge is -2.35. The van der Waals surface area contributed by atoms with Crippen LogP contribution in [-0.4, -0.2) is 94.3 Å². The van der Waals surface area contributed by atoms with Crippen LogP contribution in [0.5, 0.6) is 11.5 Å². The minimum atomic E-state index is -3.60. The van der Waals surface area contributed by atoms with E-state index >= 15 is 0 Å². The van der Waals surface area contributed by atoms with Crippen LogP contribution in [0.3, 0.4) is 0 Å². The molecule has 0 spiro atoms. The number of carbonyl (C=O) groups is 1. The number of hydrogen-bond donors (Lipinski definition) is 0. The van der Waals surface area contributed by atoms with Gasteiger partial charge in [-0.25, -0.2) is 8.42 Å². The van der Waals surface area contributed by atoms with Crippen LogP contribution in [0, 0.1) is 0 Å². The summed E-state index contributed by atoms with van der Waals surface area (Å²) in [6, 6.07) is 4.66. The van der Waals surface area contributed by atoms with Crippen LogP contribution in [0.15, 0.2) is 23.1 Å². The van der Waals surface area contributed by atoms with Gasteiger partial charge in [0.05, 0.1) is 24.7 Å². The van der Waals surface area contributed by atoms with Crippen molar-refractivity contribution >= 4 is 15.9 Å². The lowest BCUT2D eigenvalue weighted by molar-refractivity contribution is -0.136. The van der Waals surface area contributed by atoms with Crippen molar-refractivity contribution in [2.24, 2.45) is 0 Å². The Labute approximate surface area is 158 Å². The van der Waals surface area contributed by atoms with Crippen LogP contribution in [0.2, 0.25) is 0 Å². The van der Waals surface area contributed by atoms with E-state index in [4.69, 9.17) is 14.2 Å². The third-order valence-electron chi connectivity index (χ3n) is 5.04. The van der Waals surface area contributed by atoms with Crippen molar-refractivity contribution in [1.82, 2.24) is 14.1 Å². The third kappa shape index (κ3) is 3.88. The highest BCUT2D eigenvalue weighted by Gasteiger charge is 2.31. The maximum Gasteiger partial charge on any atom is 0.243 e. The van der Waals surface area contributed by atoms with E-state index in [0.717, 1.165) is 0 Å². The van der Waals surface area contributed by atoms with Crippen molar-refractivity contribution in [2.75, 3.05) is 65.8 Å². The SMILES string of the molecule is O=C(CN1CCN(S(=O)(=O)c2ccc3c(c2)OCO3)CC1)N1CCOCC1. The Morgan fingerprint density at radius 1 is 0.963 bits per heavy atom. The van der Waals surface area contributed by atoms with Gasteiger partial charge in [0.1, 0.15) is 0 Å². The number of fused-ring (bicyclic) bond motifs is 1. The monoisotopic (exact) mass is 397 g/mol. The molecule has 0 unspecified atom stereocenters. The van der Waals surface area contributed by atoms with Gasteiger partial charge in [-0.1, -0.05) is 0 Å². The Morgan fingerprint density at radius 2 is 1.67 bits per heavy atom. The van der Waals surface area contributed by atoms with Crippen LogP contribution in [-0.2, 0) is 19.6 Å². The number of carbonyl (C=O) groups excluding carboxylic acids is 1. The van der Waals surface area contributed by atoms with E-state index < -0.39 is 10.0 Å². The van der Waals surface area contributed by atoms with Gasteiger partial charge in [-0.05, 0) is 12.1 Å². The summed E-state index contributed by atoms with van der Waals surface area (Å²) in [6.07, 6.45) is 0. The fourth-order valence-electron chi connectivity index (χ4n) is 3.42. The van der Waals surface area contributed by atoms with E-state index in [1.165, 1.54) is 16.4 Å². The molecule has 1 aromatic rings. The lowest BCUT2D eigenvalue weighted by atomic mass is 10.3. The molecule has 2 fully saturated rings. The Kier molecular flexibility index (Phi) is 5.22. The zero-order valence-corrected chi connectivity index (χ0v) is 15.8. The molecule has 1 aromatic carbocycles. The fourth-order valence-corrected chi connectivity index (χ4v) is 4.86. The van der Waals surface area contributed by atoms with Crippen LogP contribution < -0.4 is 9.47 Å². The largest absolute Gasteiger partial charge is 0.454 e. The van der Waals surface area contributed by atoms with Crippen LogP contribution in [0.1, 0.15) is 0 Å². The minimum absolute atomic E-state index is 0.0744. The average molecular weight is 397 g/mol. The summed E-state index contributed by atoms with van der Waals surface area (Å²) in [4.78, 5) is 16.4. The van der Waals surface area contributed by atoms with Gasteiger partial charge in [-0.3, -0.25) is 9.69 Å². The first-order chi connectivity index (χ1) is 13.0. The molecule has 0 bridgehead atoms. The average Bonchev–Trinajstić information content (AvgIpc) is 3.17. The Morgan fingerprint density at radius 3 is 2.41 bits per heavy atom. The molecule has 0 saturated carbocycles. The second-order valence-electron chi connectivity index (χ2n) is 6.69. The topological polar surface area (TPSA) is 88.6 Å². The standard InChI is InChI=1S/C17H23N3O6S/c21-17(19-7-9-24-10-8-19)12-18-3-5-20(6-4-18)27(22,23)14-1-2-15-16(11-14)26-13-25-15/h1-2,11H,3-10,12-13H2. The predicted molar refractivity (Wildman–Crippen MR) is 95.2 cm³/mol. The molecule has 0 radical (unpaired) electrons. The number of benzene rings is 1. The lowest BCUT2D eigenvalue weighted by Crippen LogP contribution is -2.52. The van der Waals surface area contributed by atoms with Gasteiger partial charge in [0.25, 0.3) is 0 Å². The molecule has 1 amide bonds. The first kappa shape index (κ1) is 18.5. The molecule has 0 aliphatic carbocycles. The summed E-state index contributed by atoms with van der Waals surface area (Å²) in [5, 5.41) is 0. The number of nitrogens with zero attached hydrogens (tertiary/aromatic N) is 3. The zero-order valence-electron chi connectivity index (χ0n) is 15.0. The van der Waals surface area contributed by atoms with E-state index in [-0.39, 0.29) is 17.6 Å². The number of rotatable bonds is 4. The maximum absolute atomic E-state index is 12.9. The second kappa shape index (κ2) is 7.63. The molecule has 0 atom stereocenters. The molecular weight excluding hydrogens is 374 g/mol. The van der Waals surface area contributed by atoms with E-state index in [1.54, 1.807) is 11.0 Å². The number of amides is 1. The van der Waals surface area contributed by atoms with Crippen LogP contribution in [0.4, 0.5) is 0 Å². The summed E-state index contributed by atoms with van der Waals surface area (Å²) in [5.74, 6) is 1.08. The molecule has 2 saturated heterocycles. The van der Waals surface area contributed by atoms with Crippen molar-refractivity contribution < 1.29 is 27.4 Å². The molecule has 3 aliphatic rings. The van der Waals surface area contributed by atoms with Gasteiger partial charge in [-0.15, -0.1) is 0 Å². The first-order valence-corrected chi connectivity index (χ1v) is 10.5. The van der Waals surface area contributed by atoms with Gasteiger partial charge < -0.3 is 19.1 Å². The number of hydrogen-bond acceptors (Lipinski definition) is 7. The number of ether oxygens (including phenoxy) is 3. The molecule has 27 heavy (non-hydrogen) atoms. The molecule has 3 aliphatic heterocycles. The zero-order chi connectivity index (χ0) is 18.9. The highest BCUT2D eigenvalue weighted by molar-refractivity contribution is 7.89. The number of morpholine rings is 1. The molecule has 148 valence electrons. The summed E-state index contributed by atoms with van der Waals surface area (Å²) < 4.78 is 43.0. The number of piperazine rings is 1. The molecular formula is C17H23N3O6S. The first-order valence-electron chi connectivity index (χ1n) is 9.02. The van der Waals surface area contributed by atoms with Gasteiger partial charge >= 0.3 is 0 Å². The smallest absolute Gasteiger partial charge is 0.243 e. The summed E-state index contributed by atoms with van der Waals surface area (Å²) >= 11 is 0. The van der Waals surface area contributed by atoms with Crippen molar-refractivity contribution in [3.05, 3.63) is 18.2 Å². The number of sulfonamides is 1. The fraction of sp³-hybridized carbons (Fsp3) is 0.588. The van der Waals surface area contributed by atoms with Gasteiger partial charge in [0.2, 0.25) is 22.7 Å². The van der Waals surface area contributed by atoms with Crippen molar-refractivity contribution in [2.45, 2.75) is 4.90 Å². The quantitative estimate of drug-likeness (QED) is 0.682. The molecule has 10 heteroatoms. The van der Waals surface area contributed by atoms with Crippen molar-refractivity contribution in [3.63, 3.8) is 0 Å². The molecule has 3 heterocycles. The van der Waals surface area contributed by atoms with Gasteiger partial charge in [0, 0.05) is 45.3 Å². The van der Waals surface area contributed by atoms with Crippen LogP contribution >= 0.6 is 0 Å². The normalized spacial score (nSPS) is 21.4. The summed E-state index contributed by atoms with van der Waals surface area (Å²) in [7, 11) is -3.60. The minimum Gasteiger partial charge on any atom is -0.454 e. The Bertz CT molecular complexity index is 801. The van der Waals surface area contributed by atoms with E-state index in [2.05, 4.69) is 0 Å². The second-order valence-corrected chi connectivity index (χ2v) is 8.63. The van der Waals surface area contributed by atoms with Gasteiger partial charge in [-0.2, -0.15) is 4.31 Å². The Balaban J connectivity index is 1.35. The highest BCUT2D eigenvalue weighted by Crippen LogP contribution is 2.34. The van der Waals surface area contributed by atoms with Gasteiger partial charge in [0.15, 0.2) is 11.5 Å². The van der Waals surface area contributed by atoms with Crippen molar-refractivity contribution in [1.29, 1.82) is 0 Å². The van der Waals surface area contributed by atoms with Crippen molar-refractivity contribution in [3.8, 4) is 11.5 Å². The van der Waals surface area contributed by atoms with Crippen LogP contribution in [0.25, 0.3) is 0 Å². The predicted octanol–water partition coefficient (Wildman–Crippen LogP) is -0.420. The summed E-state index contributed by atoms with van der Waals surface area (Å²) in [5.41, 5.74) is 0. The van der Waals surface area contributed by atoms with E-state index in [9.17, 15) is 13.2 Å². The highest BCUT2D eigenvalue weighted by atomic mass is 32.2. The Hall–Kier alpha value is -1.88.